The van der Waals surface area contributed by atoms with Crippen LogP contribution in [0.4, 0.5) is 5.69 Å². The van der Waals surface area contributed by atoms with Gasteiger partial charge in [0.1, 0.15) is 4.90 Å². The van der Waals surface area contributed by atoms with Crippen LogP contribution in [-0.4, -0.2) is 26.5 Å². The van der Waals surface area contributed by atoms with E-state index in [1.807, 2.05) is 0 Å². The fourth-order valence-electron chi connectivity index (χ4n) is 4.00. The van der Waals surface area contributed by atoms with Gasteiger partial charge in [0.25, 0.3) is 0 Å². The third kappa shape index (κ3) is 7.02. The molecule has 0 amide bonds. The first kappa shape index (κ1) is 24.2. The van der Waals surface area contributed by atoms with E-state index in [-0.39, 0.29) is 10.6 Å². The fraction of sp³-hybridized carbons (Fsp3) is 0.400. The number of nitrogens with zero attached hydrogens (tertiary/aromatic N) is 1. The van der Waals surface area contributed by atoms with Gasteiger partial charge < -0.3 is 11.1 Å². The smallest absolute Gasteiger partial charge is 0.242 e. The van der Waals surface area contributed by atoms with E-state index in [1.165, 1.54) is 43.6 Å². The normalized spacial score (nSPS) is 14.7. The molecule has 6 nitrogen and oxygen atoms in total. The lowest BCUT2D eigenvalue weighted by molar-refractivity contribution is 0.341. The van der Waals surface area contributed by atoms with Gasteiger partial charge in [-0.05, 0) is 49.6 Å². The molecule has 1 aliphatic carbocycles. The largest absolute Gasteiger partial charge is 0.398 e. The second-order valence-corrected chi connectivity index (χ2v) is 9.90. The molecule has 7 heteroatoms. The highest BCUT2D eigenvalue weighted by molar-refractivity contribution is 7.89. The van der Waals surface area contributed by atoms with E-state index < -0.39 is 10.0 Å². The van der Waals surface area contributed by atoms with Gasteiger partial charge in [0.2, 0.25) is 10.0 Å². The molecule has 1 aromatic heterocycles. The number of rotatable bonds is 7. The summed E-state index contributed by atoms with van der Waals surface area (Å²) in [7, 11) is -3.42. The Balaban J connectivity index is 0.000000195. The minimum Gasteiger partial charge on any atom is -0.398 e. The molecule has 0 aliphatic heterocycles. The van der Waals surface area contributed by atoms with Crippen molar-refractivity contribution in [2.75, 3.05) is 18.8 Å². The van der Waals surface area contributed by atoms with Crippen LogP contribution in [0.25, 0.3) is 10.9 Å². The average Bonchev–Trinajstić information content (AvgIpc) is 2.80. The zero-order valence-corrected chi connectivity index (χ0v) is 19.6. The van der Waals surface area contributed by atoms with Gasteiger partial charge in [0.15, 0.2) is 0 Å². The molecule has 172 valence electrons. The van der Waals surface area contributed by atoms with Crippen molar-refractivity contribution in [3.05, 3.63) is 66.4 Å². The quantitative estimate of drug-likeness (QED) is 0.458. The fourth-order valence-corrected chi connectivity index (χ4v) is 5.17. The van der Waals surface area contributed by atoms with Gasteiger partial charge in [-0.1, -0.05) is 62.6 Å². The van der Waals surface area contributed by atoms with Gasteiger partial charge in [0.05, 0.1) is 16.9 Å². The van der Waals surface area contributed by atoms with Crippen LogP contribution in [0.3, 0.4) is 0 Å². The predicted octanol–water partition coefficient (Wildman–Crippen LogP) is 4.47. The zero-order valence-electron chi connectivity index (χ0n) is 18.8. The van der Waals surface area contributed by atoms with Crippen LogP contribution >= 0.6 is 0 Å². The van der Waals surface area contributed by atoms with Crippen molar-refractivity contribution in [2.45, 2.75) is 50.5 Å². The van der Waals surface area contributed by atoms with Crippen LogP contribution < -0.4 is 15.8 Å². The van der Waals surface area contributed by atoms with Gasteiger partial charge >= 0.3 is 0 Å². The molecule has 4 N–H and O–H groups in total. The molecule has 0 bridgehead atoms. The lowest BCUT2D eigenvalue weighted by Gasteiger charge is -2.21. The number of aromatic nitrogens is 1. The lowest BCUT2D eigenvalue weighted by atomic mass is 9.89. The van der Waals surface area contributed by atoms with Gasteiger partial charge in [-0.25, -0.2) is 13.1 Å². The maximum absolute atomic E-state index is 11.5. The topological polar surface area (TPSA) is 97.1 Å². The highest BCUT2D eigenvalue weighted by Crippen LogP contribution is 2.23. The molecule has 4 rings (SSSR count). The van der Waals surface area contributed by atoms with Crippen molar-refractivity contribution in [1.29, 1.82) is 0 Å². The van der Waals surface area contributed by atoms with Crippen LogP contribution in [0.2, 0.25) is 0 Å². The number of para-hydroxylation sites is 2. The van der Waals surface area contributed by atoms with Crippen LogP contribution in [0, 0.1) is 5.92 Å². The first-order chi connectivity index (χ1) is 15.5. The van der Waals surface area contributed by atoms with E-state index in [0.29, 0.717) is 6.54 Å². The number of hydrogen-bond acceptors (Lipinski definition) is 5. The molecule has 1 heterocycles. The summed E-state index contributed by atoms with van der Waals surface area (Å²) in [6.45, 7) is 4.11. The molecule has 0 spiro atoms. The first-order valence-electron chi connectivity index (χ1n) is 11.4. The molecular formula is C25H34N4O2S. The summed E-state index contributed by atoms with van der Waals surface area (Å²) >= 11 is 0. The number of nitrogens with two attached hydrogens (primary N) is 1. The number of anilines is 1. The van der Waals surface area contributed by atoms with E-state index in [1.54, 1.807) is 25.1 Å². The third-order valence-electron chi connectivity index (χ3n) is 5.66. The standard InChI is InChI=1S/C17H22N2.C8H12N2O2S/c1-2-6-14(7-3-1)12-18-13-16-11-10-15-8-4-5-9-17(15)19-16;1-2-10-13(11,12)8-6-4-3-5-7(8)9/h4-5,8-11,14,18H,1-3,6-7,12-13H2;3-6,10H,2,9H2,1H3. The Hall–Kier alpha value is -2.48. The summed E-state index contributed by atoms with van der Waals surface area (Å²) in [5.41, 5.74) is 8.03. The van der Waals surface area contributed by atoms with Crippen molar-refractivity contribution >= 4 is 26.6 Å². The molecule has 2 aromatic carbocycles. The average molecular weight is 455 g/mol. The molecule has 1 saturated carbocycles. The second-order valence-electron chi connectivity index (χ2n) is 8.17. The molecule has 0 unspecified atom stereocenters. The van der Waals surface area contributed by atoms with E-state index in [4.69, 9.17) is 10.7 Å². The number of benzene rings is 2. The summed E-state index contributed by atoms with van der Waals surface area (Å²) in [6, 6.07) is 19.0. The Labute approximate surface area is 191 Å². The second kappa shape index (κ2) is 11.9. The number of nitrogens with one attached hydrogen (secondary N) is 2. The van der Waals surface area contributed by atoms with E-state index in [0.717, 1.165) is 30.2 Å². The van der Waals surface area contributed by atoms with Gasteiger partial charge in [0, 0.05) is 18.5 Å². The summed E-state index contributed by atoms with van der Waals surface area (Å²) in [6.07, 6.45) is 7.07. The molecule has 0 saturated heterocycles. The highest BCUT2D eigenvalue weighted by Gasteiger charge is 2.14. The lowest BCUT2D eigenvalue weighted by Crippen LogP contribution is -2.24. The van der Waals surface area contributed by atoms with Crippen LogP contribution in [0.5, 0.6) is 0 Å². The number of fused-ring (bicyclic) bond motifs is 1. The van der Waals surface area contributed by atoms with Gasteiger partial charge in [-0.15, -0.1) is 0 Å². The molecule has 1 aliphatic rings. The third-order valence-corrected chi connectivity index (χ3v) is 7.28. The number of nitrogen functional groups attached to an aromatic ring is 1. The molecule has 32 heavy (non-hydrogen) atoms. The van der Waals surface area contributed by atoms with Crippen LogP contribution in [-0.2, 0) is 16.6 Å². The summed E-state index contributed by atoms with van der Waals surface area (Å²) in [5.74, 6) is 0.884. The van der Waals surface area contributed by atoms with E-state index >= 15 is 0 Å². The summed E-state index contributed by atoms with van der Waals surface area (Å²) < 4.78 is 25.3. The minimum atomic E-state index is -3.42. The Morgan fingerprint density at radius 3 is 2.44 bits per heavy atom. The van der Waals surface area contributed by atoms with Crippen LogP contribution in [0.15, 0.2) is 65.6 Å². The zero-order chi connectivity index (χ0) is 22.8. The predicted molar refractivity (Wildman–Crippen MR) is 132 cm³/mol. The van der Waals surface area contributed by atoms with Crippen molar-refractivity contribution in [1.82, 2.24) is 15.0 Å². The highest BCUT2D eigenvalue weighted by atomic mass is 32.2. The number of pyridine rings is 1. The summed E-state index contributed by atoms with van der Waals surface area (Å²) in [4.78, 5) is 4.83. The molecule has 0 atom stereocenters. The Kier molecular flexibility index (Phi) is 9.02. The number of hydrogen-bond donors (Lipinski definition) is 3. The Bertz CT molecular complexity index is 1100. The van der Waals surface area contributed by atoms with E-state index in [2.05, 4.69) is 46.4 Å². The maximum Gasteiger partial charge on any atom is 0.242 e. The first-order valence-corrected chi connectivity index (χ1v) is 12.9. The number of sulfonamides is 1. The summed E-state index contributed by atoms with van der Waals surface area (Å²) in [5, 5.41) is 4.79. The Morgan fingerprint density at radius 1 is 0.969 bits per heavy atom. The van der Waals surface area contributed by atoms with Crippen molar-refractivity contribution in [3.8, 4) is 0 Å². The Morgan fingerprint density at radius 2 is 1.69 bits per heavy atom. The SMILES string of the molecule is CCNS(=O)(=O)c1ccccc1N.c1ccc2nc(CNCC3CCCCC3)ccc2c1. The van der Waals surface area contributed by atoms with Crippen LogP contribution in [0.1, 0.15) is 44.7 Å². The van der Waals surface area contributed by atoms with Gasteiger partial charge in [-0.2, -0.15) is 0 Å². The molecular weight excluding hydrogens is 420 g/mol. The van der Waals surface area contributed by atoms with Crippen molar-refractivity contribution < 1.29 is 8.42 Å². The maximum atomic E-state index is 11.5. The molecule has 3 aromatic rings. The minimum absolute atomic E-state index is 0.136. The van der Waals surface area contributed by atoms with Crippen molar-refractivity contribution in [2.24, 2.45) is 5.92 Å². The monoisotopic (exact) mass is 454 g/mol. The molecule has 0 radical (unpaired) electrons. The molecule has 1 fully saturated rings. The van der Waals surface area contributed by atoms with Crippen molar-refractivity contribution in [3.63, 3.8) is 0 Å². The van der Waals surface area contributed by atoms with E-state index in [9.17, 15) is 8.42 Å². The van der Waals surface area contributed by atoms with Gasteiger partial charge in [-0.3, -0.25) is 4.98 Å².